The predicted molar refractivity (Wildman–Crippen MR) is 95.1 cm³/mol. The van der Waals surface area contributed by atoms with Gasteiger partial charge in [-0.25, -0.2) is 13.4 Å². The molecule has 2 fully saturated rings. The fourth-order valence-corrected chi connectivity index (χ4v) is 6.34. The van der Waals surface area contributed by atoms with Crippen LogP contribution in [-0.4, -0.2) is 35.0 Å². The van der Waals surface area contributed by atoms with Gasteiger partial charge in [0, 0.05) is 6.54 Å². The molecule has 0 spiro atoms. The van der Waals surface area contributed by atoms with Gasteiger partial charge in [-0.15, -0.1) is 0 Å². The number of para-hydroxylation sites is 2. The monoisotopic (exact) mass is 347 g/mol. The van der Waals surface area contributed by atoms with Crippen molar-refractivity contribution in [1.82, 2.24) is 14.3 Å². The van der Waals surface area contributed by atoms with Crippen molar-refractivity contribution < 1.29 is 8.42 Å². The van der Waals surface area contributed by atoms with E-state index in [1.807, 2.05) is 24.3 Å². The Morgan fingerprint density at radius 3 is 2.67 bits per heavy atom. The van der Waals surface area contributed by atoms with Crippen molar-refractivity contribution in [3.8, 4) is 0 Å². The second-order valence-electron chi connectivity index (χ2n) is 7.19. The number of benzene rings is 1. The lowest BCUT2D eigenvalue weighted by Gasteiger charge is -2.27. The lowest BCUT2D eigenvalue weighted by atomic mass is 9.91. The lowest BCUT2D eigenvalue weighted by Crippen LogP contribution is -2.35. The summed E-state index contributed by atoms with van der Waals surface area (Å²) in [6, 6.07) is 7.74. The predicted octanol–water partition coefficient (Wildman–Crippen LogP) is 3.61. The van der Waals surface area contributed by atoms with Crippen LogP contribution in [-0.2, 0) is 10.0 Å². The summed E-state index contributed by atoms with van der Waals surface area (Å²) >= 11 is 0. The maximum atomic E-state index is 13.0. The Balaban J connectivity index is 1.57. The first-order valence-electron chi connectivity index (χ1n) is 9.08. The maximum absolute atomic E-state index is 13.0. The van der Waals surface area contributed by atoms with Crippen LogP contribution in [0, 0.1) is 5.92 Å². The van der Waals surface area contributed by atoms with E-state index < -0.39 is 10.0 Å². The first kappa shape index (κ1) is 16.1. The molecule has 1 atom stereocenters. The summed E-state index contributed by atoms with van der Waals surface area (Å²) in [7, 11) is -3.22. The Labute approximate surface area is 143 Å². The molecule has 1 saturated heterocycles. The molecule has 2 aromatic rings. The van der Waals surface area contributed by atoms with Gasteiger partial charge in [0.2, 0.25) is 10.0 Å². The minimum atomic E-state index is -3.22. The van der Waals surface area contributed by atoms with E-state index >= 15 is 0 Å². The number of aromatic nitrogens is 2. The Hall–Kier alpha value is -1.40. The summed E-state index contributed by atoms with van der Waals surface area (Å²) in [6.45, 7) is 0.622. The van der Waals surface area contributed by atoms with E-state index in [9.17, 15) is 8.42 Å². The Morgan fingerprint density at radius 2 is 1.88 bits per heavy atom. The first-order chi connectivity index (χ1) is 11.6. The third-order valence-electron chi connectivity index (χ3n) is 5.46. The largest absolute Gasteiger partial charge is 0.341 e. The van der Waals surface area contributed by atoms with Gasteiger partial charge >= 0.3 is 0 Å². The lowest BCUT2D eigenvalue weighted by molar-refractivity contribution is 0.355. The van der Waals surface area contributed by atoms with Crippen molar-refractivity contribution in [2.45, 2.75) is 51.0 Å². The molecule has 24 heavy (non-hydrogen) atoms. The average Bonchev–Trinajstić information content (AvgIpc) is 3.22. The molecule has 0 amide bonds. The van der Waals surface area contributed by atoms with Crippen LogP contribution >= 0.6 is 0 Å². The van der Waals surface area contributed by atoms with Crippen LogP contribution in [0.4, 0.5) is 0 Å². The molecule has 0 bridgehead atoms. The van der Waals surface area contributed by atoms with E-state index in [0.29, 0.717) is 18.2 Å². The minimum absolute atomic E-state index is 0.133. The summed E-state index contributed by atoms with van der Waals surface area (Å²) in [5.41, 5.74) is 1.88. The van der Waals surface area contributed by atoms with Gasteiger partial charge in [-0.2, -0.15) is 4.31 Å². The number of rotatable bonds is 4. The SMILES string of the molecule is O=S(=O)(CC1CCCCC1)N1CCCC1c1nc2ccccc2[nH]1. The van der Waals surface area contributed by atoms with Gasteiger partial charge in [-0.3, -0.25) is 0 Å². The van der Waals surface area contributed by atoms with Gasteiger partial charge in [-0.1, -0.05) is 31.4 Å². The number of imidazole rings is 1. The zero-order chi connectivity index (χ0) is 16.6. The fourth-order valence-electron chi connectivity index (χ4n) is 4.22. The summed E-state index contributed by atoms with van der Waals surface area (Å²) in [6.07, 6.45) is 7.47. The molecular weight excluding hydrogens is 322 g/mol. The molecule has 2 heterocycles. The van der Waals surface area contributed by atoms with Crippen LogP contribution in [0.25, 0.3) is 11.0 Å². The first-order valence-corrected chi connectivity index (χ1v) is 10.7. The molecule has 1 aromatic heterocycles. The van der Waals surface area contributed by atoms with E-state index in [1.165, 1.54) is 19.3 Å². The van der Waals surface area contributed by atoms with Crippen molar-refractivity contribution in [3.63, 3.8) is 0 Å². The van der Waals surface area contributed by atoms with Gasteiger partial charge in [0.15, 0.2) is 0 Å². The molecule has 1 saturated carbocycles. The number of nitrogens with one attached hydrogen (secondary N) is 1. The molecular formula is C18H25N3O2S. The van der Waals surface area contributed by atoms with Crippen molar-refractivity contribution >= 4 is 21.1 Å². The van der Waals surface area contributed by atoms with Crippen molar-refractivity contribution in [2.75, 3.05) is 12.3 Å². The molecule has 1 aliphatic carbocycles. The van der Waals surface area contributed by atoms with Crippen molar-refractivity contribution in [2.24, 2.45) is 5.92 Å². The van der Waals surface area contributed by atoms with E-state index in [2.05, 4.69) is 9.97 Å². The number of nitrogens with zero attached hydrogens (tertiary/aromatic N) is 2. The summed E-state index contributed by atoms with van der Waals surface area (Å²) in [5.74, 6) is 1.44. The number of aromatic amines is 1. The number of sulfonamides is 1. The molecule has 0 radical (unpaired) electrons. The minimum Gasteiger partial charge on any atom is -0.341 e. The second kappa shape index (κ2) is 6.48. The highest BCUT2D eigenvalue weighted by molar-refractivity contribution is 7.89. The number of H-pyrrole nitrogens is 1. The molecule has 1 unspecified atom stereocenters. The van der Waals surface area contributed by atoms with E-state index in [1.54, 1.807) is 4.31 Å². The van der Waals surface area contributed by atoms with Gasteiger partial charge in [0.1, 0.15) is 5.82 Å². The smallest absolute Gasteiger partial charge is 0.215 e. The van der Waals surface area contributed by atoms with Crippen molar-refractivity contribution in [3.05, 3.63) is 30.1 Å². The molecule has 1 N–H and O–H groups in total. The molecule has 1 aromatic carbocycles. The van der Waals surface area contributed by atoms with Crippen LogP contribution < -0.4 is 0 Å². The highest BCUT2D eigenvalue weighted by Gasteiger charge is 2.38. The standard InChI is InChI=1S/C18H25N3O2S/c22-24(23,13-14-7-2-1-3-8-14)21-12-6-11-17(21)18-19-15-9-4-5-10-16(15)20-18/h4-5,9-10,14,17H,1-3,6-8,11-13H2,(H,19,20). The molecule has 4 rings (SSSR count). The highest BCUT2D eigenvalue weighted by Crippen LogP contribution is 2.35. The van der Waals surface area contributed by atoms with Gasteiger partial charge in [-0.05, 0) is 43.7 Å². The summed E-state index contributed by atoms with van der Waals surface area (Å²) < 4.78 is 27.7. The van der Waals surface area contributed by atoms with Gasteiger partial charge < -0.3 is 4.98 Å². The number of fused-ring (bicyclic) bond motifs is 1. The number of hydrogen-bond donors (Lipinski definition) is 1. The van der Waals surface area contributed by atoms with Crippen LogP contribution in [0.3, 0.4) is 0 Å². The number of hydrogen-bond acceptors (Lipinski definition) is 3. The van der Waals surface area contributed by atoms with Crippen LogP contribution in [0.5, 0.6) is 0 Å². The molecule has 1 aliphatic heterocycles. The Kier molecular flexibility index (Phi) is 4.35. The van der Waals surface area contributed by atoms with Gasteiger partial charge in [0.05, 0.1) is 22.8 Å². The van der Waals surface area contributed by atoms with Gasteiger partial charge in [0.25, 0.3) is 0 Å². The molecule has 6 heteroatoms. The van der Waals surface area contributed by atoms with E-state index in [4.69, 9.17) is 0 Å². The Morgan fingerprint density at radius 1 is 1.08 bits per heavy atom. The van der Waals surface area contributed by atoms with Crippen LogP contribution in [0.2, 0.25) is 0 Å². The topological polar surface area (TPSA) is 66.1 Å². The molecule has 2 aliphatic rings. The maximum Gasteiger partial charge on any atom is 0.215 e. The highest BCUT2D eigenvalue weighted by atomic mass is 32.2. The Bertz CT molecular complexity index is 776. The summed E-state index contributed by atoms with van der Waals surface area (Å²) in [4.78, 5) is 7.97. The zero-order valence-corrected chi connectivity index (χ0v) is 14.8. The van der Waals surface area contributed by atoms with E-state index in [-0.39, 0.29) is 6.04 Å². The average molecular weight is 347 g/mol. The van der Waals surface area contributed by atoms with Crippen LogP contribution in [0.1, 0.15) is 56.8 Å². The third kappa shape index (κ3) is 3.09. The third-order valence-corrected chi connectivity index (χ3v) is 7.50. The molecule has 5 nitrogen and oxygen atoms in total. The zero-order valence-electron chi connectivity index (χ0n) is 13.9. The quantitative estimate of drug-likeness (QED) is 0.919. The normalized spacial score (nSPS) is 23.9. The molecule has 130 valence electrons. The van der Waals surface area contributed by atoms with Crippen molar-refractivity contribution in [1.29, 1.82) is 0 Å². The summed E-state index contributed by atoms with van der Waals surface area (Å²) in [5, 5.41) is 0. The fraction of sp³-hybridized carbons (Fsp3) is 0.611. The second-order valence-corrected chi connectivity index (χ2v) is 9.16. The van der Waals surface area contributed by atoms with E-state index in [0.717, 1.165) is 42.5 Å². The van der Waals surface area contributed by atoms with Crippen LogP contribution in [0.15, 0.2) is 24.3 Å².